The van der Waals surface area contributed by atoms with Crippen molar-refractivity contribution < 1.29 is 14.4 Å². The predicted octanol–water partition coefficient (Wildman–Crippen LogP) is 4.48. The van der Waals surface area contributed by atoms with Crippen molar-refractivity contribution >= 4 is 39.6 Å². The number of nitrogens with zero attached hydrogens (tertiary/aromatic N) is 2. The van der Waals surface area contributed by atoms with Crippen LogP contribution in [-0.2, 0) is 16.2 Å². The van der Waals surface area contributed by atoms with Crippen LogP contribution in [-0.4, -0.2) is 22.6 Å². The average molecular weight is 438 g/mol. The number of carbonyl (C=O) groups excluding carboxylic acids is 1. The minimum absolute atomic E-state index is 0.0383. The predicted molar refractivity (Wildman–Crippen MR) is 110 cm³/mol. The fourth-order valence-corrected chi connectivity index (χ4v) is 3.34. The number of hydrogen-bond acceptors (Lipinski definition) is 4. The first-order valence-corrected chi connectivity index (χ1v) is 9.37. The van der Waals surface area contributed by atoms with E-state index in [0.717, 1.165) is 15.6 Å². The van der Waals surface area contributed by atoms with E-state index in [1.807, 2.05) is 48.5 Å². The molecule has 0 spiro atoms. The van der Waals surface area contributed by atoms with Gasteiger partial charge in [0.2, 0.25) is 0 Å². The normalized spacial score (nSPS) is 17.2. The molecule has 2 heterocycles. The van der Waals surface area contributed by atoms with Crippen molar-refractivity contribution in [3.05, 3.63) is 81.5 Å². The molecule has 28 heavy (non-hydrogen) atoms. The van der Waals surface area contributed by atoms with Crippen molar-refractivity contribution in [3.8, 4) is 5.75 Å². The van der Waals surface area contributed by atoms with E-state index in [1.54, 1.807) is 19.1 Å². The van der Waals surface area contributed by atoms with Crippen LogP contribution in [0.15, 0.2) is 75.4 Å². The van der Waals surface area contributed by atoms with E-state index in [4.69, 9.17) is 15.0 Å². The highest BCUT2D eigenvalue weighted by Crippen LogP contribution is 2.29. The quantitative estimate of drug-likeness (QED) is 0.715. The molecule has 0 atom stereocenters. The second kappa shape index (κ2) is 7.44. The number of rotatable bonds is 4. The van der Waals surface area contributed by atoms with Gasteiger partial charge in [0.25, 0.3) is 5.91 Å². The zero-order valence-electron chi connectivity index (χ0n) is 15.0. The van der Waals surface area contributed by atoms with Gasteiger partial charge in [0, 0.05) is 6.08 Å². The number of nitrogens with one attached hydrogen (secondary N) is 1. The Bertz CT molecular complexity index is 1060. The minimum Gasteiger partial charge on any atom is -0.488 e. The molecule has 0 saturated carbocycles. The summed E-state index contributed by atoms with van der Waals surface area (Å²) in [7, 11) is 0. The third kappa shape index (κ3) is 3.61. The van der Waals surface area contributed by atoms with E-state index in [-0.39, 0.29) is 11.4 Å². The van der Waals surface area contributed by atoms with Crippen LogP contribution in [0.25, 0.3) is 6.08 Å². The molecular weight excluding hydrogens is 422 g/mol. The summed E-state index contributed by atoms with van der Waals surface area (Å²) in [5.74, 6) is 1.10. The highest BCUT2D eigenvalue weighted by Gasteiger charge is 2.34. The maximum Gasteiger partial charge on any atom is 0.282 e. The number of allylic oxidation sites excluding steroid dienone is 1. The molecule has 0 fully saturated rings. The molecule has 2 aliphatic heterocycles. The molecule has 0 unspecified atom stereocenters. The summed E-state index contributed by atoms with van der Waals surface area (Å²) in [6.45, 7) is 2.20. The van der Waals surface area contributed by atoms with Crippen molar-refractivity contribution in [1.82, 2.24) is 5.06 Å². The number of carbonyl (C=O) groups is 1. The van der Waals surface area contributed by atoms with Gasteiger partial charge in [0.1, 0.15) is 18.1 Å². The maximum atomic E-state index is 12.3. The summed E-state index contributed by atoms with van der Waals surface area (Å²) in [6.07, 6.45) is 3.24. The number of hydroxylamine groups is 2. The molecule has 4 rings (SSSR count). The van der Waals surface area contributed by atoms with Crippen LogP contribution in [0.5, 0.6) is 5.75 Å². The lowest BCUT2D eigenvalue weighted by molar-refractivity contribution is -0.114. The number of amidine groups is 2. The zero-order valence-corrected chi connectivity index (χ0v) is 16.6. The highest BCUT2D eigenvalue weighted by atomic mass is 79.9. The first-order chi connectivity index (χ1) is 13.5. The Labute approximate surface area is 170 Å². The zero-order chi connectivity index (χ0) is 19.7. The topological polar surface area (TPSA) is 75.0 Å². The minimum atomic E-state index is -0.466. The Hall–Kier alpha value is -3.19. The van der Waals surface area contributed by atoms with Gasteiger partial charge in [-0.2, -0.15) is 4.99 Å². The summed E-state index contributed by atoms with van der Waals surface area (Å²) in [4.78, 5) is 21.7. The average Bonchev–Trinajstić information content (AvgIpc) is 3.05. The molecule has 6 nitrogen and oxygen atoms in total. The Kier molecular flexibility index (Phi) is 4.83. The van der Waals surface area contributed by atoms with Crippen molar-refractivity contribution in [2.24, 2.45) is 4.99 Å². The standard InChI is InChI=1S/C21H16BrN3O3/c1-13-9-19-24-21(26)16(20(23)25(19)28-13)10-15-7-8-18(17(22)11-15)27-12-14-5-3-2-4-6-14/h2-11,23H,12H2,1H3/b16-10-,23-20?. The summed E-state index contributed by atoms with van der Waals surface area (Å²) in [5.41, 5.74) is 1.98. The van der Waals surface area contributed by atoms with Gasteiger partial charge in [0.15, 0.2) is 11.7 Å². The third-order valence-electron chi connectivity index (χ3n) is 4.18. The lowest BCUT2D eigenvalue weighted by atomic mass is 10.1. The van der Waals surface area contributed by atoms with Gasteiger partial charge in [-0.05, 0) is 52.2 Å². The van der Waals surface area contributed by atoms with Crippen LogP contribution in [0.3, 0.4) is 0 Å². The molecule has 0 aromatic heterocycles. The molecule has 1 N–H and O–H groups in total. The van der Waals surface area contributed by atoms with Gasteiger partial charge < -0.3 is 9.57 Å². The molecule has 0 saturated heterocycles. The Morgan fingerprint density at radius 2 is 2.04 bits per heavy atom. The van der Waals surface area contributed by atoms with Crippen molar-refractivity contribution in [3.63, 3.8) is 0 Å². The number of amides is 1. The van der Waals surface area contributed by atoms with E-state index < -0.39 is 5.91 Å². The first kappa shape index (κ1) is 18.2. The number of hydrogen-bond donors (Lipinski definition) is 1. The van der Waals surface area contributed by atoms with Gasteiger partial charge in [-0.25, -0.2) is 0 Å². The van der Waals surface area contributed by atoms with E-state index >= 15 is 0 Å². The fourth-order valence-electron chi connectivity index (χ4n) is 2.83. The fraction of sp³-hybridized carbons (Fsp3) is 0.0952. The second-order valence-corrected chi connectivity index (χ2v) is 7.14. The molecule has 7 heteroatoms. The van der Waals surface area contributed by atoms with Crippen LogP contribution in [0.4, 0.5) is 0 Å². The van der Waals surface area contributed by atoms with Gasteiger partial charge >= 0.3 is 0 Å². The lowest BCUT2D eigenvalue weighted by Crippen LogP contribution is -2.38. The molecule has 2 aliphatic rings. The van der Waals surface area contributed by atoms with Crippen molar-refractivity contribution in [2.45, 2.75) is 13.5 Å². The smallest absolute Gasteiger partial charge is 0.282 e. The maximum absolute atomic E-state index is 12.3. The second-order valence-electron chi connectivity index (χ2n) is 6.29. The third-order valence-corrected chi connectivity index (χ3v) is 4.80. The van der Waals surface area contributed by atoms with Gasteiger partial charge in [-0.15, -0.1) is 5.06 Å². The van der Waals surface area contributed by atoms with Crippen LogP contribution in [0.2, 0.25) is 0 Å². The van der Waals surface area contributed by atoms with Crippen molar-refractivity contribution in [2.75, 3.05) is 0 Å². The first-order valence-electron chi connectivity index (χ1n) is 8.57. The summed E-state index contributed by atoms with van der Waals surface area (Å²) in [6, 6.07) is 15.4. The molecule has 0 bridgehead atoms. The molecule has 2 aromatic carbocycles. The number of benzene rings is 2. The molecular formula is C21H16BrN3O3. The molecule has 0 aliphatic carbocycles. The summed E-state index contributed by atoms with van der Waals surface area (Å²) < 4.78 is 6.60. The monoisotopic (exact) mass is 437 g/mol. The number of aliphatic imine (C=N–C) groups is 1. The SMILES string of the molecule is CC1=CC2=NC(=O)/C(=C\c3ccc(OCc4ccccc4)c(Br)c3)C(=N)N2O1. The van der Waals surface area contributed by atoms with Gasteiger partial charge in [-0.1, -0.05) is 36.4 Å². The summed E-state index contributed by atoms with van der Waals surface area (Å²) in [5, 5.41) is 9.51. The largest absolute Gasteiger partial charge is 0.488 e. The molecule has 140 valence electrons. The van der Waals surface area contributed by atoms with Gasteiger partial charge in [-0.3, -0.25) is 10.2 Å². The summed E-state index contributed by atoms with van der Waals surface area (Å²) >= 11 is 3.50. The molecule has 2 aromatic rings. The Morgan fingerprint density at radius 1 is 1.25 bits per heavy atom. The van der Waals surface area contributed by atoms with E-state index in [0.29, 0.717) is 24.0 Å². The molecule has 1 amide bonds. The van der Waals surface area contributed by atoms with E-state index in [2.05, 4.69) is 20.9 Å². The number of ether oxygens (including phenoxy) is 1. The van der Waals surface area contributed by atoms with Crippen LogP contribution < -0.4 is 4.74 Å². The number of fused-ring (bicyclic) bond motifs is 1. The van der Waals surface area contributed by atoms with Gasteiger partial charge in [0.05, 0.1) is 10.0 Å². The van der Waals surface area contributed by atoms with Crippen LogP contribution in [0.1, 0.15) is 18.1 Å². The van der Waals surface area contributed by atoms with E-state index in [9.17, 15) is 4.79 Å². The number of halogens is 1. The Morgan fingerprint density at radius 3 is 2.79 bits per heavy atom. The Balaban J connectivity index is 1.53. The molecule has 0 radical (unpaired) electrons. The van der Waals surface area contributed by atoms with Crippen LogP contribution in [0, 0.1) is 5.41 Å². The lowest BCUT2D eigenvalue weighted by Gasteiger charge is -2.23. The van der Waals surface area contributed by atoms with Crippen molar-refractivity contribution in [1.29, 1.82) is 5.41 Å². The highest BCUT2D eigenvalue weighted by molar-refractivity contribution is 9.10. The van der Waals surface area contributed by atoms with E-state index in [1.165, 1.54) is 5.06 Å². The van der Waals surface area contributed by atoms with Crippen LogP contribution >= 0.6 is 15.9 Å².